The fourth-order valence-electron chi connectivity index (χ4n) is 2.17. The Morgan fingerprint density at radius 1 is 1.12 bits per heavy atom. The average Bonchev–Trinajstić information content (AvgIpc) is 2.87. The summed E-state index contributed by atoms with van der Waals surface area (Å²) in [4.78, 5) is 2.66. The highest BCUT2D eigenvalue weighted by Gasteiger charge is 2.12. The van der Waals surface area contributed by atoms with Crippen molar-refractivity contribution in [3.8, 4) is 11.6 Å². The third-order valence-corrected chi connectivity index (χ3v) is 4.26. The fraction of sp³-hybridized carbons (Fsp3) is 0.0667. The van der Waals surface area contributed by atoms with Crippen molar-refractivity contribution in [1.29, 1.82) is 0 Å². The normalized spacial score (nSPS) is 12.1. The number of sulfonamides is 1. The second-order valence-corrected chi connectivity index (χ2v) is 6.41. The van der Waals surface area contributed by atoms with Crippen molar-refractivity contribution in [2.24, 2.45) is 10.2 Å². The molecule has 0 amide bonds. The van der Waals surface area contributed by atoms with E-state index in [2.05, 4.69) is 15.2 Å². The molecule has 8 nitrogen and oxygen atoms in total. The molecule has 0 aliphatic rings. The molecule has 0 spiro atoms. The number of ether oxygens (including phenoxy) is 1. The molecule has 1 aromatic heterocycles. The van der Waals surface area contributed by atoms with Crippen molar-refractivity contribution in [1.82, 2.24) is 10.1 Å². The Kier molecular flexibility index (Phi) is 3.96. The molecule has 0 bridgehead atoms. The topological polar surface area (TPSA) is 128 Å². The van der Waals surface area contributed by atoms with Crippen LogP contribution in [0.3, 0.4) is 0 Å². The molecule has 3 rings (SSSR count). The van der Waals surface area contributed by atoms with Crippen LogP contribution in [0.4, 0.5) is 11.4 Å². The van der Waals surface area contributed by atoms with Gasteiger partial charge in [-0.3, -0.25) is 0 Å². The zero-order chi connectivity index (χ0) is 17.3. The minimum Gasteiger partial charge on any atom is -0.497 e. The van der Waals surface area contributed by atoms with Gasteiger partial charge in [0, 0.05) is 5.39 Å². The number of hydrogen-bond donors (Lipinski definition) is 2. The van der Waals surface area contributed by atoms with Crippen molar-refractivity contribution in [2.75, 3.05) is 7.11 Å². The molecular formula is C15H13N4O4S. The van der Waals surface area contributed by atoms with Crippen LogP contribution in [-0.4, -0.2) is 25.6 Å². The minimum absolute atomic E-state index is 0.124. The van der Waals surface area contributed by atoms with Crippen LogP contribution in [0.1, 0.15) is 0 Å². The van der Waals surface area contributed by atoms with Gasteiger partial charge < -0.3 is 14.8 Å². The van der Waals surface area contributed by atoms with Gasteiger partial charge in [-0.25, -0.2) is 8.42 Å². The third kappa shape index (κ3) is 3.07. The third-order valence-electron chi connectivity index (χ3n) is 3.37. The van der Waals surface area contributed by atoms with Crippen molar-refractivity contribution < 1.29 is 18.3 Å². The number of aromatic hydroxyl groups is 1. The SMILES string of the molecule is COc1ccc2[nH]c(O)c(N=Nc3ccc(S([NH])(=O)=O)cc3)c2c1. The van der Waals surface area contributed by atoms with Gasteiger partial charge in [0.25, 0.3) is 10.0 Å². The molecule has 0 atom stereocenters. The number of H-pyrrole nitrogens is 1. The van der Waals surface area contributed by atoms with Gasteiger partial charge in [-0.2, -0.15) is 5.11 Å². The van der Waals surface area contributed by atoms with Gasteiger partial charge in [0.15, 0.2) is 5.69 Å². The van der Waals surface area contributed by atoms with E-state index in [0.717, 1.165) is 0 Å². The summed E-state index contributed by atoms with van der Waals surface area (Å²) in [5, 5.41) is 25.6. The van der Waals surface area contributed by atoms with Crippen LogP contribution in [0.2, 0.25) is 0 Å². The highest BCUT2D eigenvalue weighted by Crippen LogP contribution is 2.38. The lowest BCUT2D eigenvalue weighted by Gasteiger charge is -1.99. The van der Waals surface area contributed by atoms with Gasteiger partial charge in [0.05, 0.1) is 23.2 Å². The quantitative estimate of drug-likeness (QED) is 0.703. The molecule has 2 aromatic carbocycles. The maximum absolute atomic E-state index is 11.1. The molecule has 0 aliphatic heterocycles. The standard InChI is InChI=1S/C15H13N4O4S/c1-23-10-4-7-13-12(8-10)14(15(20)17-13)19-18-9-2-5-11(6-3-9)24(16,21)22/h2-8,16-17,20H,1H3. The Morgan fingerprint density at radius 3 is 2.46 bits per heavy atom. The van der Waals surface area contributed by atoms with E-state index in [1.807, 2.05) is 0 Å². The summed E-state index contributed by atoms with van der Waals surface area (Å²) in [6.07, 6.45) is 0. The molecule has 1 radical (unpaired) electrons. The highest BCUT2D eigenvalue weighted by atomic mass is 32.2. The van der Waals surface area contributed by atoms with Crippen LogP contribution < -0.4 is 9.88 Å². The molecule has 9 heteroatoms. The number of rotatable bonds is 4. The lowest BCUT2D eigenvalue weighted by molar-refractivity contribution is 0.415. The van der Waals surface area contributed by atoms with Crippen molar-refractivity contribution >= 4 is 32.3 Å². The number of aromatic amines is 1. The Hall–Kier alpha value is -2.91. The first-order valence-electron chi connectivity index (χ1n) is 6.78. The molecule has 24 heavy (non-hydrogen) atoms. The second kappa shape index (κ2) is 5.95. The molecule has 3 N–H and O–H groups in total. The summed E-state index contributed by atoms with van der Waals surface area (Å²) in [7, 11) is -2.46. The van der Waals surface area contributed by atoms with Gasteiger partial charge in [0.2, 0.25) is 5.88 Å². The van der Waals surface area contributed by atoms with Gasteiger partial charge >= 0.3 is 0 Å². The molecule has 123 valence electrons. The monoisotopic (exact) mass is 345 g/mol. The van der Waals surface area contributed by atoms with E-state index in [-0.39, 0.29) is 16.5 Å². The van der Waals surface area contributed by atoms with Gasteiger partial charge in [-0.05, 0) is 42.5 Å². The predicted molar refractivity (Wildman–Crippen MR) is 87.4 cm³/mol. The smallest absolute Gasteiger partial charge is 0.254 e. The van der Waals surface area contributed by atoms with Gasteiger partial charge in [-0.15, -0.1) is 10.3 Å². The van der Waals surface area contributed by atoms with Crippen molar-refractivity contribution in [3.05, 3.63) is 42.5 Å². The van der Waals surface area contributed by atoms with E-state index in [4.69, 9.17) is 9.88 Å². The largest absolute Gasteiger partial charge is 0.497 e. The number of methoxy groups -OCH3 is 1. The maximum atomic E-state index is 11.1. The molecular weight excluding hydrogens is 332 g/mol. The zero-order valence-corrected chi connectivity index (χ0v) is 13.3. The van der Waals surface area contributed by atoms with Gasteiger partial charge in [-0.1, -0.05) is 0 Å². The number of nitrogens with one attached hydrogen (secondary N) is 2. The Bertz CT molecular complexity index is 1020. The van der Waals surface area contributed by atoms with Crippen LogP contribution in [0.5, 0.6) is 11.6 Å². The molecule has 0 saturated carbocycles. The average molecular weight is 345 g/mol. The first kappa shape index (κ1) is 16.0. The zero-order valence-electron chi connectivity index (χ0n) is 12.5. The number of aromatic nitrogens is 1. The lowest BCUT2D eigenvalue weighted by Crippen LogP contribution is -1.99. The van der Waals surface area contributed by atoms with Crippen LogP contribution in [0.25, 0.3) is 10.9 Å². The van der Waals surface area contributed by atoms with E-state index in [1.54, 1.807) is 18.2 Å². The van der Waals surface area contributed by atoms with Crippen LogP contribution in [0, 0.1) is 0 Å². The van der Waals surface area contributed by atoms with Crippen LogP contribution >= 0.6 is 0 Å². The van der Waals surface area contributed by atoms with E-state index in [0.29, 0.717) is 22.3 Å². The predicted octanol–water partition coefficient (Wildman–Crippen LogP) is 3.27. The van der Waals surface area contributed by atoms with Crippen molar-refractivity contribution in [3.63, 3.8) is 0 Å². The minimum atomic E-state index is -4.00. The Balaban J connectivity index is 1.97. The molecule has 3 aromatic rings. The number of hydrogen-bond acceptors (Lipinski definition) is 6. The maximum Gasteiger partial charge on any atom is 0.254 e. The van der Waals surface area contributed by atoms with E-state index < -0.39 is 10.0 Å². The highest BCUT2D eigenvalue weighted by molar-refractivity contribution is 7.88. The first-order valence-corrected chi connectivity index (χ1v) is 8.27. The van der Waals surface area contributed by atoms with Crippen molar-refractivity contribution in [2.45, 2.75) is 4.90 Å². The summed E-state index contributed by atoms with van der Waals surface area (Å²) in [6.45, 7) is 0. The summed E-state index contributed by atoms with van der Waals surface area (Å²) in [5.41, 5.74) is 1.32. The Morgan fingerprint density at radius 2 is 1.83 bits per heavy atom. The summed E-state index contributed by atoms with van der Waals surface area (Å²) in [5.74, 6) is 0.482. The summed E-state index contributed by atoms with van der Waals surface area (Å²) in [6, 6.07) is 10.6. The van der Waals surface area contributed by atoms with Gasteiger partial charge in [0.1, 0.15) is 5.75 Å². The van der Waals surface area contributed by atoms with E-state index in [1.165, 1.54) is 31.4 Å². The number of fused-ring (bicyclic) bond motifs is 1. The molecule has 0 fully saturated rings. The molecule has 1 heterocycles. The van der Waals surface area contributed by atoms with E-state index in [9.17, 15) is 13.5 Å². The second-order valence-electron chi connectivity index (χ2n) is 4.93. The Labute approximate surface area is 137 Å². The fourth-order valence-corrected chi connectivity index (χ4v) is 2.66. The number of azo groups is 1. The first-order chi connectivity index (χ1) is 11.4. The number of nitrogens with zero attached hydrogens (tertiary/aromatic N) is 2. The summed E-state index contributed by atoms with van der Waals surface area (Å²) >= 11 is 0. The lowest BCUT2D eigenvalue weighted by atomic mass is 10.2. The number of benzene rings is 2. The molecule has 0 aliphatic carbocycles. The van der Waals surface area contributed by atoms with Crippen LogP contribution in [0.15, 0.2) is 57.6 Å². The van der Waals surface area contributed by atoms with E-state index >= 15 is 0 Å². The summed E-state index contributed by atoms with van der Waals surface area (Å²) < 4.78 is 27.4. The van der Waals surface area contributed by atoms with Crippen LogP contribution in [-0.2, 0) is 10.0 Å². The molecule has 0 unspecified atom stereocenters. The molecule has 0 saturated heterocycles.